The summed E-state index contributed by atoms with van der Waals surface area (Å²) >= 11 is 1.67. The van der Waals surface area contributed by atoms with Crippen molar-refractivity contribution in [2.45, 2.75) is 31.2 Å². The molecule has 1 aliphatic heterocycles. The quantitative estimate of drug-likeness (QED) is 0.516. The number of nitrogens with zero attached hydrogens (tertiary/aromatic N) is 1. The number of carbonyl (C=O) groups is 2. The first-order valence-corrected chi connectivity index (χ1v) is 12.8. The van der Waals surface area contributed by atoms with E-state index in [9.17, 15) is 9.59 Å². The lowest BCUT2D eigenvalue weighted by Crippen LogP contribution is -2.50. The van der Waals surface area contributed by atoms with Gasteiger partial charge in [0.2, 0.25) is 5.91 Å². The lowest BCUT2D eigenvalue weighted by molar-refractivity contribution is -0.134. The van der Waals surface area contributed by atoms with Gasteiger partial charge in [-0.1, -0.05) is 30.3 Å². The van der Waals surface area contributed by atoms with Crippen molar-refractivity contribution in [1.29, 1.82) is 0 Å². The molecule has 2 heterocycles. The molecule has 1 aromatic heterocycles. The van der Waals surface area contributed by atoms with E-state index in [1.54, 1.807) is 37.1 Å². The lowest BCUT2D eigenvalue weighted by Gasteiger charge is -2.34. The van der Waals surface area contributed by atoms with Crippen LogP contribution in [-0.2, 0) is 4.79 Å². The summed E-state index contributed by atoms with van der Waals surface area (Å²) in [6.07, 6.45) is 6.56. The fraction of sp³-hybridized carbons (Fsp3) is 0.385. The highest BCUT2D eigenvalue weighted by atomic mass is 32.2. The van der Waals surface area contributed by atoms with Crippen LogP contribution in [0.15, 0.2) is 54.7 Å². The molecule has 2 aromatic carbocycles. The van der Waals surface area contributed by atoms with Crippen molar-refractivity contribution in [2.24, 2.45) is 0 Å². The Morgan fingerprint density at radius 3 is 2.64 bits per heavy atom. The number of H-pyrrole nitrogens is 1. The first-order chi connectivity index (χ1) is 16.1. The molecule has 1 aliphatic rings. The van der Waals surface area contributed by atoms with Gasteiger partial charge >= 0.3 is 0 Å². The summed E-state index contributed by atoms with van der Waals surface area (Å²) in [4.78, 5) is 31.6. The maximum Gasteiger partial charge on any atom is 0.255 e. The number of nitrogens with one attached hydrogen (secondary N) is 2. The Labute approximate surface area is 199 Å². The number of fused-ring (bicyclic) bond motifs is 1. The Kier molecular flexibility index (Phi) is 7.60. The molecule has 33 heavy (non-hydrogen) atoms. The fourth-order valence-corrected chi connectivity index (χ4v) is 5.10. The van der Waals surface area contributed by atoms with Gasteiger partial charge in [0.05, 0.1) is 12.7 Å². The Balaban J connectivity index is 1.42. The highest BCUT2D eigenvalue weighted by Gasteiger charge is 2.31. The monoisotopic (exact) mass is 465 g/mol. The van der Waals surface area contributed by atoms with E-state index in [1.165, 1.54) is 10.9 Å². The van der Waals surface area contributed by atoms with Gasteiger partial charge in [-0.15, -0.1) is 0 Å². The average molecular weight is 466 g/mol. The third kappa shape index (κ3) is 5.19. The lowest BCUT2D eigenvalue weighted by atomic mass is 9.89. The molecule has 4 rings (SSSR count). The Hall–Kier alpha value is -2.93. The Morgan fingerprint density at radius 1 is 1.15 bits per heavy atom. The van der Waals surface area contributed by atoms with E-state index < -0.39 is 6.04 Å². The van der Waals surface area contributed by atoms with Crippen LogP contribution in [0.1, 0.15) is 41.1 Å². The number of hydrogen-bond donors (Lipinski definition) is 2. The van der Waals surface area contributed by atoms with Crippen LogP contribution >= 0.6 is 11.8 Å². The standard InChI is InChI=1S/C26H31N3O3S/c1-32-24-10-6-4-8-20(24)25(30)28-23(13-16-33-2)26(31)29-14-11-18(12-15-29)21-17-27-22-9-5-3-7-19(21)22/h3-10,17-18,23,27H,11-16H2,1-2H3,(H,28,30). The molecule has 0 aliphatic carbocycles. The molecule has 7 heteroatoms. The summed E-state index contributed by atoms with van der Waals surface area (Å²) in [7, 11) is 1.54. The number of para-hydroxylation sites is 2. The van der Waals surface area contributed by atoms with Gasteiger partial charge in [0.1, 0.15) is 11.8 Å². The number of hydrogen-bond acceptors (Lipinski definition) is 4. The van der Waals surface area contributed by atoms with Crippen molar-refractivity contribution in [1.82, 2.24) is 15.2 Å². The molecule has 1 unspecified atom stereocenters. The van der Waals surface area contributed by atoms with Crippen molar-refractivity contribution < 1.29 is 14.3 Å². The minimum atomic E-state index is -0.542. The maximum absolute atomic E-state index is 13.4. The van der Waals surface area contributed by atoms with Crippen LogP contribution in [0.3, 0.4) is 0 Å². The van der Waals surface area contributed by atoms with Gasteiger partial charge in [-0.05, 0) is 61.0 Å². The maximum atomic E-state index is 13.4. The van der Waals surface area contributed by atoms with Crippen LogP contribution in [0, 0.1) is 0 Å². The van der Waals surface area contributed by atoms with Crippen molar-refractivity contribution >= 4 is 34.5 Å². The van der Waals surface area contributed by atoms with Crippen molar-refractivity contribution in [3.8, 4) is 5.75 Å². The van der Waals surface area contributed by atoms with E-state index in [-0.39, 0.29) is 11.8 Å². The second kappa shape index (κ2) is 10.8. The van der Waals surface area contributed by atoms with Gasteiger partial charge in [-0.25, -0.2) is 0 Å². The molecular formula is C26H31N3O3S. The Morgan fingerprint density at radius 2 is 1.88 bits per heavy atom. The molecule has 0 saturated carbocycles. The number of aromatic nitrogens is 1. The zero-order valence-electron chi connectivity index (χ0n) is 19.2. The van der Waals surface area contributed by atoms with Gasteiger partial charge in [-0.3, -0.25) is 9.59 Å². The molecular weight excluding hydrogens is 434 g/mol. The third-order valence-corrected chi connectivity index (χ3v) is 7.08. The van der Waals surface area contributed by atoms with Gasteiger partial charge in [0.25, 0.3) is 5.91 Å². The summed E-state index contributed by atoms with van der Waals surface area (Å²) in [6, 6.07) is 14.9. The van der Waals surface area contributed by atoms with Crippen LogP contribution in [-0.4, -0.2) is 59.9 Å². The van der Waals surface area contributed by atoms with Crippen molar-refractivity contribution in [3.05, 3.63) is 65.9 Å². The van der Waals surface area contributed by atoms with Crippen LogP contribution in [0.4, 0.5) is 0 Å². The molecule has 1 fully saturated rings. The van der Waals surface area contributed by atoms with Crippen LogP contribution < -0.4 is 10.1 Å². The normalized spacial score (nSPS) is 15.4. The number of ether oxygens (including phenoxy) is 1. The molecule has 0 spiro atoms. The summed E-state index contributed by atoms with van der Waals surface area (Å²) in [5.41, 5.74) is 2.93. The number of likely N-dealkylation sites (tertiary alicyclic amines) is 1. The van der Waals surface area contributed by atoms with Gasteiger partial charge < -0.3 is 19.9 Å². The van der Waals surface area contributed by atoms with E-state index in [2.05, 4.69) is 34.7 Å². The summed E-state index contributed by atoms with van der Waals surface area (Å²) in [5, 5.41) is 4.24. The highest BCUT2D eigenvalue weighted by Crippen LogP contribution is 2.33. The number of amides is 2. The molecule has 6 nitrogen and oxygen atoms in total. The summed E-state index contributed by atoms with van der Waals surface area (Å²) < 4.78 is 5.32. The summed E-state index contributed by atoms with van der Waals surface area (Å²) in [6.45, 7) is 1.40. The largest absolute Gasteiger partial charge is 0.496 e. The minimum Gasteiger partial charge on any atom is -0.496 e. The van der Waals surface area contributed by atoms with E-state index in [0.717, 1.165) is 24.1 Å². The Bertz CT molecular complexity index is 1100. The predicted molar refractivity (Wildman–Crippen MR) is 134 cm³/mol. The van der Waals surface area contributed by atoms with E-state index in [0.29, 0.717) is 36.7 Å². The van der Waals surface area contributed by atoms with Gasteiger partial charge in [0, 0.05) is 30.2 Å². The smallest absolute Gasteiger partial charge is 0.255 e. The number of aromatic amines is 1. The molecule has 0 radical (unpaired) electrons. The van der Waals surface area contributed by atoms with Crippen molar-refractivity contribution in [3.63, 3.8) is 0 Å². The summed E-state index contributed by atoms with van der Waals surface area (Å²) in [5.74, 6) is 1.46. The number of piperidine rings is 1. The van der Waals surface area contributed by atoms with Crippen LogP contribution in [0.25, 0.3) is 10.9 Å². The van der Waals surface area contributed by atoms with Crippen molar-refractivity contribution in [2.75, 3.05) is 32.2 Å². The van der Waals surface area contributed by atoms with E-state index in [1.807, 2.05) is 23.3 Å². The predicted octanol–water partition coefficient (Wildman–Crippen LogP) is 4.43. The average Bonchev–Trinajstić information content (AvgIpc) is 3.30. The fourth-order valence-electron chi connectivity index (χ4n) is 4.62. The third-order valence-electron chi connectivity index (χ3n) is 6.43. The van der Waals surface area contributed by atoms with E-state index in [4.69, 9.17) is 4.74 Å². The van der Waals surface area contributed by atoms with E-state index >= 15 is 0 Å². The molecule has 0 bridgehead atoms. The number of thioether (sulfide) groups is 1. The minimum absolute atomic E-state index is 0.00433. The van der Waals surface area contributed by atoms with Gasteiger partial charge in [0.15, 0.2) is 0 Å². The zero-order valence-corrected chi connectivity index (χ0v) is 20.0. The molecule has 1 atom stereocenters. The zero-order chi connectivity index (χ0) is 23.2. The number of methoxy groups -OCH3 is 1. The second-order valence-electron chi connectivity index (χ2n) is 8.40. The SMILES string of the molecule is COc1ccccc1C(=O)NC(CCSC)C(=O)N1CCC(c2c[nH]c3ccccc23)CC1. The first kappa shape index (κ1) is 23.2. The van der Waals surface area contributed by atoms with Gasteiger partial charge in [-0.2, -0.15) is 11.8 Å². The topological polar surface area (TPSA) is 74.4 Å². The molecule has 2 amide bonds. The second-order valence-corrected chi connectivity index (χ2v) is 9.38. The van der Waals surface area contributed by atoms with Crippen LogP contribution in [0.2, 0.25) is 0 Å². The number of carbonyl (C=O) groups excluding carboxylic acids is 2. The highest BCUT2D eigenvalue weighted by molar-refractivity contribution is 7.98. The number of rotatable bonds is 8. The molecule has 3 aromatic rings. The number of benzene rings is 2. The molecule has 2 N–H and O–H groups in total. The molecule has 174 valence electrons. The first-order valence-electron chi connectivity index (χ1n) is 11.4. The van der Waals surface area contributed by atoms with Crippen LogP contribution in [0.5, 0.6) is 5.75 Å². The molecule has 1 saturated heterocycles.